The van der Waals surface area contributed by atoms with Crippen LogP contribution >= 0.6 is 0 Å². The highest BCUT2D eigenvalue weighted by Crippen LogP contribution is 2.14. The standard InChI is InChI=1S/C10H14O4/c1-3-7(2)8(10(13)14)5-4-6-9(11)12/h4-7H,3H2,1-2H3,(H,11,12)(H,13,14)/b6-4+,8-5+. The van der Waals surface area contributed by atoms with Crippen molar-refractivity contribution in [2.45, 2.75) is 20.3 Å². The van der Waals surface area contributed by atoms with E-state index in [0.717, 1.165) is 6.08 Å². The SMILES string of the molecule is CCC(C)/C(=C\C=C\C(=O)O)C(=O)O. The van der Waals surface area contributed by atoms with Gasteiger partial charge in [-0.15, -0.1) is 0 Å². The summed E-state index contributed by atoms with van der Waals surface area (Å²) < 4.78 is 0. The van der Waals surface area contributed by atoms with Gasteiger partial charge in [0.15, 0.2) is 0 Å². The number of allylic oxidation sites excluding steroid dienone is 2. The second-order valence-electron chi connectivity index (χ2n) is 2.93. The number of carboxylic acid groups (broad SMARTS) is 2. The molecule has 0 amide bonds. The van der Waals surface area contributed by atoms with E-state index in [2.05, 4.69) is 0 Å². The molecule has 0 aliphatic carbocycles. The summed E-state index contributed by atoms with van der Waals surface area (Å²) in [6.45, 7) is 3.66. The van der Waals surface area contributed by atoms with Crippen LogP contribution in [0.25, 0.3) is 0 Å². The Morgan fingerprint density at radius 2 is 1.93 bits per heavy atom. The molecule has 0 aliphatic rings. The molecule has 0 aliphatic heterocycles. The van der Waals surface area contributed by atoms with Gasteiger partial charge in [0.25, 0.3) is 0 Å². The third kappa shape index (κ3) is 4.45. The number of aliphatic carboxylic acids is 2. The van der Waals surface area contributed by atoms with Gasteiger partial charge in [0.2, 0.25) is 0 Å². The molecule has 0 heterocycles. The summed E-state index contributed by atoms with van der Waals surface area (Å²) in [5.74, 6) is -2.17. The lowest BCUT2D eigenvalue weighted by Gasteiger charge is -2.07. The number of hydrogen-bond acceptors (Lipinski definition) is 2. The minimum atomic E-state index is -1.09. The van der Waals surface area contributed by atoms with Gasteiger partial charge in [-0.05, 0) is 12.3 Å². The predicted octanol–water partition coefficient (Wildman–Crippen LogP) is 1.68. The summed E-state index contributed by atoms with van der Waals surface area (Å²) in [7, 11) is 0. The summed E-state index contributed by atoms with van der Waals surface area (Å²) in [6, 6.07) is 0. The molecule has 1 atom stereocenters. The molecule has 0 saturated heterocycles. The quantitative estimate of drug-likeness (QED) is 0.520. The smallest absolute Gasteiger partial charge is 0.331 e. The Labute approximate surface area is 82.6 Å². The van der Waals surface area contributed by atoms with Gasteiger partial charge < -0.3 is 10.2 Å². The third-order valence-electron chi connectivity index (χ3n) is 1.90. The molecule has 14 heavy (non-hydrogen) atoms. The summed E-state index contributed by atoms with van der Waals surface area (Å²) in [5, 5.41) is 17.1. The average Bonchev–Trinajstić information content (AvgIpc) is 2.10. The first kappa shape index (κ1) is 12.4. The number of hydrogen-bond donors (Lipinski definition) is 2. The molecule has 4 nitrogen and oxygen atoms in total. The largest absolute Gasteiger partial charge is 0.478 e. The fraction of sp³-hybridized carbons (Fsp3) is 0.400. The highest BCUT2D eigenvalue weighted by atomic mass is 16.4. The van der Waals surface area contributed by atoms with Crippen molar-refractivity contribution in [3.8, 4) is 0 Å². The third-order valence-corrected chi connectivity index (χ3v) is 1.90. The van der Waals surface area contributed by atoms with Gasteiger partial charge >= 0.3 is 11.9 Å². The van der Waals surface area contributed by atoms with E-state index in [1.807, 2.05) is 6.92 Å². The van der Waals surface area contributed by atoms with Crippen molar-refractivity contribution in [2.24, 2.45) is 5.92 Å². The molecule has 0 aromatic heterocycles. The molecule has 0 bridgehead atoms. The lowest BCUT2D eigenvalue weighted by Crippen LogP contribution is -2.08. The van der Waals surface area contributed by atoms with Crippen LogP contribution in [0.15, 0.2) is 23.8 Å². The summed E-state index contributed by atoms with van der Waals surface area (Å²) in [6.07, 6.45) is 4.17. The highest BCUT2D eigenvalue weighted by Gasteiger charge is 2.12. The van der Waals surface area contributed by atoms with Gasteiger partial charge in [-0.25, -0.2) is 9.59 Å². The van der Waals surface area contributed by atoms with E-state index < -0.39 is 11.9 Å². The van der Waals surface area contributed by atoms with E-state index in [0.29, 0.717) is 6.42 Å². The van der Waals surface area contributed by atoms with Crippen LogP contribution in [-0.4, -0.2) is 22.2 Å². The van der Waals surface area contributed by atoms with Crippen molar-refractivity contribution in [2.75, 3.05) is 0 Å². The Balaban J connectivity index is 4.65. The summed E-state index contributed by atoms with van der Waals surface area (Å²) in [5.41, 5.74) is 0.227. The summed E-state index contributed by atoms with van der Waals surface area (Å²) >= 11 is 0. The first-order valence-corrected chi connectivity index (χ1v) is 4.33. The average molecular weight is 198 g/mol. The number of carboxylic acids is 2. The molecule has 1 unspecified atom stereocenters. The van der Waals surface area contributed by atoms with Crippen molar-refractivity contribution in [1.82, 2.24) is 0 Å². The topological polar surface area (TPSA) is 74.6 Å². The minimum Gasteiger partial charge on any atom is -0.478 e. The molecule has 2 N–H and O–H groups in total. The molecule has 0 rings (SSSR count). The zero-order valence-electron chi connectivity index (χ0n) is 8.23. The van der Waals surface area contributed by atoms with Gasteiger partial charge in [0.05, 0.1) is 0 Å². The molecular weight excluding hydrogens is 184 g/mol. The van der Waals surface area contributed by atoms with Crippen LogP contribution in [0.1, 0.15) is 20.3 Å². The number of rotatable bonds is 5. The maximum atomic E-state index is 10.7. The lowest BCUT2D eigenvalue weighted by molar-refractivity contribution is -0.133. The van der Waals surface area contributed by atoms with Crippen LogP contribution < -0.4 is 0 Å². The van der Waals surface area contributed by atoms with E-state index >= 15 is 0 Å². The molecule has 0 radical (unpaired) electrons. The predicted molar refractivity (Wildman–Crippen MR) is 51.9 cm³/mol. The second-order valence-corrected chi connectivity index (χ2v) is 2.93. The molecule has 0 saturated carbocycles. The molecule has 0 spiro atoms. The fourth-order valence-electron chi connectivity index (χ4n) is 0.900. The zero-order valence-corrected chi connectivity index (χ0v) is 8.23. The Kier molecular flexibility index (Phi) is 5.29. The molecule has 0 fully saturated rings. The fourth-order valence-corrected chi connectivity index (χ4v) is 0.900. The van der Waals surface area contributed by atoms with Crippen LogP contribution in [0, 0.1) is 5.92 Å². The van der Waals surface area contributed by atoms with E-state index in [4.69, 9.17) is 10.2 Å². The first-order chi connectivity index (χ1) is 6.49. The number of carbonyl (C=O) groups is 2. The highest BCUT2D eigenvalue weighted by molar-refractivity contribution is 5.88. The Hall–Kier alpha value is -1.58. The maximum Gasteiger partial charge on any atom is 0.331 e. The van der Waals surface area contributed by atoms with Gasteiger partial charge in [-0.2, -0.15) is 0 Å². The van der Waals surface area contributed by atoms with Crippen LogP contribution in [0.4, 0.5) is 0 Å². The van der Waals surface area contributed by atoms with E-state index in [1.54, 1.807) is 6.92 Å². The minimum absolute atomic E-state index is 0.0778. The first-order valence-electron chi connectivity index (χ1n) is 4.33. The lowest BCUT2D eigenvalue weighted by atomic mass is 9.98. The van der Waals surface area contributed by atoms with Crippen molar-refractivity contribution in [3.63, 3.8) is 0 Å². The van der Waals surface area contributed by atoms with Crippen molar-refractivity contribution in [3.05, 3.63) is 23.8 Å². The van der Waals surface area contributed by atoms with Crippen molar-refractivity contribution in [1.29, 1.82) is 0 Å². The Morgan fingerprint density at radius 3 is 2.29 bits per heavy atom. The monoisotopic (exact) mass is 198 g/mol. The van der Waals surface area contributed by atoms with Gasteiger partial charge in [-0.3, -0.25) is 0 Å². The van der Waals surface area contributed by atoms with Crippen molar-refractivity contribution < 1.29 is 19.8 Å². The summed E-state index contributed by atoms with van der Waals surface area (Å²) in [4.78, 5) is 20.9. The maximum absolute atomic E-state index is 10.7. The van der Waals surface area contributed by atoms with Crippen LogP contribution in [0.3, 0.4) is 0 Å². The Bertz CT molecular complexity index is 276. The van der Waals surface area contributed by atoms with E-state index in [-0.39, 0.29) is 11.5 Å². The van der Waals surface area contributed by atoms with Crippen LogP contribution in [0.5, 0.6) is 0 Å². The van der Waals surface area contributed by atoms with Crippen LogP contribution in [-0.2, 0) is 9.59 Å². The van der Waals surface area contributed by atoms with E-state index in [1.165, 1.54) is 12.2 Å². The van der Waals surface area contributed by atoms with Crippen LogP contribution in [0.2, 0.25) is 0 Å². The Morgan fingerprint density at radius 1 is 1.36 bits per heavy atom. The molecule has 0 aromatic rings. The molecule has 78 valence electrons. The van der Waals surface area contributed by atoms with Gasteiger partial charge in [0.1, 0.15) is 0 Å². The molecule has 4 heteroatoms. The zero-order chi connectivity index (χ0) is 11.1. The van der Waals surface area contributed by atoms with Gasteiger partial charge in [0, 0.05) is 11.6 Å². The normalized spacial score (nSPS) is 14.3. The van der Waals surface area contributed by atoms with Gasteiger partial charge in [-0.1, -0.05) is 26.0 Å². The van der Waals surface area contributed by atoms with E-state index in [9.17, 15) is 9.59 Å². The van der Waals surface area contributed by atoms with Crippen molar-refractivity contribution >= 4 is 11.9 Å². The second kappa shape index (κ2) is 5.96. The molecule has 0 aromatic carbocycles. The molecular formula is C10H14O4.